The molecule has 1 aliphatic rings. The number of carbonyl (C=O) groups is 1. The number of hydrogen-bond acceptors (Lipinski definition) is 4. The smallest absolute Gasteiger partial charge is 0.337 e. The van der Waals surface area contributed by atoms with Gasteiger partial charge in [-0.25, -0.2) is 4.79 Å². The van der Waals surface area contributed by atoms with Crippen LogP contribution in [0, 0.1) is 0 Å². The zero-order valence-corrected chi connectivity index (χ0v) is 13.6. The molecule has 5 heteroatoms. The van der Waals surface area contributed by atoms with Gasteiger partial charge in [-0.3, -0.25) is 0 Å². The number of hydrogen-bond donors (Lipinski definition) is 1. The lowest BCUT2D eigenvalue weighted by molar-refractivity contribution is 0.0600. The molecule has 20 heavy (non-hydrogen) atoms. The van der Waals surface area contributed by atoms with Gasteiger partial charge in [0.2, 0.25) is 0 Å². The summed E-state index contributed by atoms with van der Waals surface area (Å²) in [5, 5.41) is 3.43. The number of rotatable bonds is 7. The fourth-order valence-electron chi connectivity index (χ4n) is 2.11. The maximum atomic E-state index is 11.4. The normalized spacial score (nSPS) is 14.6. The van der Waals surface area contributed by atoms with Crippen molar-refractivity contribution in [3.63, 3.8) is 0 Å². The lowest BCUT2D eigenvalue weighted by Crippen LogP contribution is -2.30. The van der Waals surface area contributed by atoms with Crippen molar-refractivity contribution in [1.82, 2.24) is 10.2 Å². The minimum Gasteiger partial charge on any atom is -0.465 e. The number of nitrogens with one attached hydrogen (secondary N) is 1. The van der Waals surface area contributed by atoms with Crippen LogP contribution < -0.4 is 5.32 Å². The van der Waals surface area contributed by atoms with Crippen molar-refractivity contribution < 1.29 is 9.53 Å². The largest absolute Gasteiger partial charge is 0.465 e. The van der Waals surface area contributed by atoms with E-state index in [0.717, 1.165) is 35.7 Å². The summed E-state index contributed by atoms with van der Waals surface area (Å²) in [6.07, 6.45) is 2.69. The Morgan fingerprint density at radius 2 is 2.25 bits per heavy atom. The Hall–Kier alpha value is -0.910. The van der Waals surface area contributed by atoms with Crippen molar-refractivity contribution in [3.05, 3.63) is 33.8 Å². The van der Waals surface area contributed by atoms with Gasteiger partial charge >= 0.3 is 5.97 Å². The standard InChI is InChI=1S/C15H21BrN2O2/c1-18(13-5-6-13)8-7-17-10-12-4-3-11(9-14(12)16)15(19)20-2/h3-4,9,13,17H,5-8,10H2,1-2H3. The first-order valence-electron chi connectivity index (χ1n) is 6.89. The number of esters is 1. The van der Waals surface area contributed by atoms with Crippen LogP contribution in [-0.2, 0) is 11.3 Å². The summed E-state index contributed by atoms with van der Waals surface area (Å²) in [7, 11) is 3.57. The number of halogens is 1. The highest BCUT2D eigenvalue weighted by atomic mass is 79.9. The van der Waals surface area contributed by atoms with Crippen molar-refractivity contribution in [3.8, 4) is 0 Å². The van der Waals surface area contributed by atoms with Gasteiger partial charge in [-0.05, 0) is 37.6 Å². The number of ether oxygens (including phenoxy) is 1. The Kier molecular flexibility index (Phi) is 5.57. The van der Waals surface area contributed by atoms with E-state index in [1.165, 1.54) is 20.0 Å². The Balaban J connectivity index is 1.78. The lowest BCUT2D eigenvalue weighted by Gasteiger charge is -2.16. The van der Waals surface area contributed by atoms with E-state index in [-0.39, 0.29) is 5.97 Å². The van der Waals surface area contributed by atoms with Gasteiger partial charge < -0.3 is 15.0 Å². The summed E-state index contributed by atoms with van der Waals surface area (Å²) >= 11 is 3.50. The van der Waals surface area contributed by atoms with Crippen LogP contribution in [0.2, 0.25) is 0 Å². The molecule has 0 spiro atoms. The first kappa shape index (κ1) is 15.5. The maximum absolute atomic E-state index is 11.4. The van der Waals surface area contributed by atoms with Crippen molar-refractivity contribution in [1.29, 1.82) is 0 Å². The zero-order valence-electron chi connectivity index (χ0n) is 12.0. The third-order valence-corrected chi connectivity index (χ3v) is 4.34. The molecule has 0 heterocycles. The summed E-state index contributed by atoms with van der Waals surface area (Å²) in [6, 6.07) is 6.36. The number of carbonyl (C=O) groups excluding carboxylic acids is 1. The molecule has 1 fully saturated rings. The monoisotopic (exact) mass is 340 g/mol. The second kappa shape index (κ2) is 7.20. The molecule has 0 saturated heterocycles. The summed E-state index contributed by atoms with van der Waals surface area (Å²) in [4.78, 5) is 13.8. The zero-order chi connectivity index (χ0) is 14.5. The second-order valence-electron chi connectivity index (χ2n) is 5.19. The van der Waals surface area contributed by atoms with E-state index in [4.69, 9.17) is 4.74 Å². The van der Waals surface area contributed by atoms with Crippen LogP contribution in [0.5, 0.6) is 0 Å². The molecule has 2 rings (SSSR count). The highest BCUT2D eigenvalue weighted by molar-refractivity contribution is 9.10. The van der Waals surface area contributed by atoms with Crippen LogP contribution in [-0.4, -0.2) is 44.2 Å². The van der Waals surface area contributed by atoms with Crippen LogP contribution in [0.25, 0.3) is 0 Å². The van der Waals surface area contributed by atoms with E-state index in [1.54, 1.807) is 12.1 Å². The third kappa shape index (κ3) is 4.30. The SMILES string of the molecule is COC(=O)c1ccc(CNCCN(C)C2CC2)c(Br)c1. The molecule has 1 aliphatic carbocycles. The van der Waals surface area contributed by atoms with Crippen LogP contribution in [0.15, 0.2) is 22.7 Å². The first-order chi connectivity index (χ1) is 9.61. The Morgan fingerprint density at radius 1 is 1.50 bits per heavy atom. The Morgan fingerprint density at radius 3 is 2.85 bits per heavy atom. The highest BCUT2D eigenvalue weighted by Gasteiger charge is 2.25. The molecule has 110 valence electrons. The van der Waals surface area contributed by atoms with Crippen molar-refractivity contribution in [2.75, 3.05) is 27.2 Å². The molecule has 0 aromatic heterocycles. The van der Waals surface area contributed by atoms with E-state index in [0.29, 0.717) is 5.56 Å². The quantitative estimate of drug-likeness (QED) is 0.611. The average molecular weight is 341 g/mol. The van der Waals surface area contributed by atoms with Crippen molar-refractivity contribution in [2.45, 2.75) is 25.4 Å². The van der Waals surface area contributed by atoms with Gasteiger partial charge in [0.1, 0.15) is 0 Å². The van der Waals surface area contributed by atoms with Gasteiger partial charge in [-0.1, -0.05) is 22.0 Å². The molecule has 0 amide bonds. The number of nitrogens with zero attached hydrogens (tertiary/aromatic N) is 1. The third-order valence-electron chi connectivity index (χ3n) is 3.60. The van der Waals surface area contributed by atoms with Crippen LogP contribution in [0.3, 0.4) is 0 Å². The van der Waals surface area contributed by atoms with E-state index in [9.17, 15) is 4.79 Å². The lowest BCUT2D eigenvalue weighted by atomic mass is 10.1. The Labute approximate surface area is 128 Å². The van der Waals surface area contributed by atoms with Gasteiger partial charge in [0, 0.05) is 30.1 Å². The van der Waals surface area contributed by atoms with Crippen LogP contribution in [0.4, 0.5) is 0 Å². The molecule has 0 bridgehead atoms. The summed E-state index contributed by atoms with van der Waals surface area (Å²) in [5.74, 6) is -0.309. The molecule has 1 saturated carbocycles. The molecule has 1 aromatic carbocycles. The minimum absolute atomic E-state index is 0.309. The van der Waals surface area contributed by atoms with Crippen LogP contribution >= 0.6 is 15.9 Å². The molecule has 0 radical (unpaired) electrons. The molecular formula is C15H21BrN2O2. The van der Waals surface area contributed by atoms with E-state index in [2.05, 4.69) is 33.2 Å². The number of benzene rings is 1. The molecule has 4 nitrogen and oxygen atoms in total. The van der Waals surface area contributed by atoms with Crippen molar-refractivity contribution in [2.24, 2.45) is 0 Å². The molecule has 0 unspecified atom stereocenters. The predicted octanol–water partition coefficient (Wildman–Crippen LogP) is 2.42. The molecule has 0 atom stereocenters. The number of methoxy groups -OCH3 is 1. The summed E-state index contributed by atoms with van der Waals surface area (Å²) in [6.45, 7) is 2.83. The second-order valence-corrected chi connectivity index (χ2v) is 6.04. The fraction of sp³-hybridized carbons (Fsp3) is 0.533. The summed E-state index contributed by atoms with van der Waals surface area (Å²) < 4.78 is 5.64. The van der Waals surface area contributed by atoms with E-state index in [1.807, 2.05) is 6.07 Å². The predicted molar refractivity (Wildman–Crippen MR) is 82.8 cm³/mol. The average Bonchev–Trinajstić information content (AvgIpc) is 3.28. The van der Waals surface area contributed by atoms with Gasteiger partial charge in [0.15, 0.2) is 0 Å². The van der Waals surface area contributed by atoms with Gasteiger partial charge in [0.25, 0.3) is 0 Å². The molecule has 0 aliphatic heterocycles. The van der Waals surface area contributed by atoms with Crippen LogP contribution in [0.1, 0.15) is 28.8 Å². The maximum Gasteiger partial charge on any atom is 0.337 e. The minimum atomic E-state index is -0.309. The number of likely N-dealkylation sites (N-methyl/N-ethyl adjacent to an activating group) is 1. The molecule has 1 N–H and O–H groups in total. The van der Waals surface area contributed by atoms with E-state index < -0.39 is 0 Å². The Bertz CT molecular complexity index is 475. The van der Waals surface area contributed by atoms with Gasteiger partial charge in [0.05, 0.1) is 12.7 Å². The molecular weight excluding hydrogens is 320 g/mol. The highest BCUT2D eigenvalue weighted by Crippen LogP contribution is 2.24. The van der Waals surface area contributed by atoms with Gasteiger partial charge in [-0.15, -0.1) is 0 Å². The topological polar surface area (TPSA) is 41.6 Å². The van der Waals surface area contributed by atoms with Gasteiger partial charge in [-0.2, -0.15) is 0 Å². The first-order valence-corrected chi connectivity index (χ1v) is 7.69. The van der Waals surface area contributed by atoms with Crippen molar-refractivity contribution >= 4 is 21.9 Å². The summed E-state index contributed by atoms with van der Waals surface area (Å²) in [5.41, 5.74) is 1.71. The molecule has 1 aromatic rings. The fourth-order valence-corrected chi connectivity index (χ4v) is 2.63. The van der Waals surface area contributed by atoms with E-state index >= 15 is 0 Å².